The highest BCUT2D eigenvalue weighted by Gasteiger charge is 2.21. The van der Waals surface area contributed by atoms with Gasteiger partial charge in [0, 0.05) is 12.5 Å². The average Bonchev–Trinajstić information content (AvgIpc) is 2.63. The Labute approximate surface area is 112 Å². The molecule has 4 heteroatoms. The number of hydrogen-bond donors (Lipinski definition) is 1. The monoisotopic (exact) mass is 265 g/mol. The predicted molar refractivity (Wildman–Crippen MR) is 74.5 cm³/mol. The van der Waals surface area contributed by atoms with Gasteiger partial charge in [0.15, 0.2) is 11.5 Å². The minimum atomic E-state index is 0.380. The zero-order valence-electron chi connectivity index (χ0n) is 10.6. The molecule has 18 heavy (non-hydrogen) atoms. The number of rotatable bonds is 1. The molecule has 0 aliphatic carbocycles. The molecule has 0 saturated carbocycles. The predicted octanol–water partition coefficient (Wildman–Crippen LogP) is 2.96. The van der Waals surface area contributed by atoms with Gasteiger partial charge in [-0.2, -0.15) is 0 Å². The lowest BCUT2D eigenvalue weighted by molar-refractivity contribution is 0.297. The van der Waals surface area contributed by atoms with Crippen molar-refractivity contribution in [2.75, 3.05) is 19.0 Å². The van der Waals surface area contributed by atoms with Crippen LogP contribution in [0.2, 0.25) is 0 Å². The molecule has 1 aromatic carbocycles. The van der Waals surface area contributed by atoms with Gasteiger partial charge in [0.05, 0.1) is 18.6 Å². The Balaban J connectivity index is 1.82. The smallest absolute Gasteiger partial charge is 0.161 e. The molecular weight excluding hydrogens is 246 g/mol. The molecule has 1 fully saturated rings. The average molecular weight is 265 g/mol. The second-order valence-corrected chi connectivity index (χ2v) is 6.08. The molecular formula is C14H19NO2S. The van der Waals surface area contributed by atoms with Crippen molar-refractivity contribution in [1.82, 2.24) is 5.32 Å². The molecule has 0 amide bonds. The first-order chi connectivity index (χ1) is 8.83. The highest BCUT2D eigenvalue weighted by molar-refractivity contribution is 7.99. The zero-order chi connectivity index (χ0) is 12.4. The summed E-state index contributed by atoms with van der Waals surface area (Å²) in [7, 11) is 0. The SMILES string of the molecule is CC1CCSC(c2ccc3c(c2)OCCCO3)N1. The molecule has 1 N–H and O–H groups in total. The molecule has 98 valence electrons. The largest absolute Gasteiger partial charge is 0.490 e. The second-order valence-electron chi connectivity index (χ2n) is 4.86. The molecule has 1 saturated heterocycles. The Morgan fingerprint density at radius 1 is 1.22 bits per heavy atom. The van der Waals surface area contributed by atoms with Crippen LogP contribution in [0.1, 0.15) is 30.7 Å². The molecule has 2 heterocycles. The lowest BCUT2D eigenvalue weighted by Gasteiger charge is -2.29. The van der Waals surface area contributed by atoms with Crippen LogP contribution in [0, 0.1) is 0 Å². The molecule has 1 aromatic rings. The summed E-state index contributed by atoms with van der Waals surface area (Å²) >= 11 is 1.97. The molecule has 0 radical (unpaired) electrons. The Bertz CT molecular complexity index is 424. The first kappa shape index (κ1) is 12.2. The van der Waals surface area contributed by atoms with Gasteiger partial charge in [0.25, 0.3) is 0 Å². The van der Waals surface area contributed by atoms with E-state index in [1.807, 2.05) is 17.8 Å². The standard InChI is InChI=1S/C14H19NO2S/c1-10-5-8-18-14(15-10)11-3-4-12-13(9-11)17-7-2-6-16-12/h3-4,9-10,14-15H,2,5-8H2,1H3. The van der Waals surface area contributed by atoms with Gasteiger partial charge in [0.1, 0.15) is 0 Å². The van der Waals surface area contributed by atoms with E-state index in [2.05, 4.69) is 24.4 Å². The van der Waals surface area contributed by atoms with E-state index in [1.165, 1.54) is 17.7 Å². The highest BCUT2D eigenvalue weighted by atomic mass is 32.2. The maximum absolute atomic E-state index is 5.74. The molecule has 2 unspecified atom stereocenters. The van der Waals surface area contributed by atoms with Gasteiger partial charge in [-0.3, -0.25) is 5.32 Å². The number of thioether (sulfide) groups is 1. The summed E-state index contributed by atoms with van der Waals surface area (Å²) in [6, 6.07) is 6.91. The quantitative estimate of drug-likeness (QED) is 0.845. The van der Waals surface area contributed by atoms with Crippen LogP contribution in [0.3, 0.4) is 0 Å². The van der Waals surface area contributed by atoms with Crippen molar-refractivity contribution >= 4 is 11.8 Å². The number of ether oxygens (including phenoxy) is 2. The molecule has 2 aliphatic heterocycles. The van der Waals surface area contributed by atoms with E-state index < -0.39 is 0 Å². The van der Waals surface area contributed by atoms with Crippen LogP contribution in [-0.2, 0) is 0 Å². The molecule has 0 aromatic heterocycles. The molecule has 2 aliphatic rings. The van der Waals surface area contributed by atoms with Crippen molar-refractivity contribution in [3.8, 4) is 11.5 Å². The first-order valence-electron chi connectivity index (χ1n) is 6.60. The van der Waals surface area contributed by atoms with Crippen molar-refractivity contribution in [3.05, 3.63) is 23.8 Å². The maximum atomic E-state index is 5.74. The van der Waals surface area contributed by atoms with E-state index in [9.17, 15) is 0 Å². The Morgan fingerprint density at radius 2 is 2.06 bits per heavy atom. The van der Waals surface area contributed by atoms with Crippen LogP contribution in [0.4, 0.5) is 0 Å². The molecule has 0 spiro atoms. The Kier molecular flexibility index (Phi) is 3.66. The zero-order valence-corrected chi connectivity index (χ0v) is 11.5. The van der Waals surface area contributed by atoms with Crippen molar-refractivity contribution in [2.24, 2.45) is 0 Å². The van der Waals surface area contributed by atoms with Crippen molar-refractivity contribution in [3.63, 3.8) is 0 Å². The fourth-order valence-corrected chi connectivity index (χ4v) is 3.68. The third kappa shape index (κ3) is 2.59. The van der Waals surface area contributed by atoms with Crippen LogP contribution in [-0.4, -0.2) is 25.0 Å². The van der Waals surface area contributed by atoms with E-state index in [0.29, 0.717) is 11.4 Å². The van der Waals surface area contributed by atoms with Gasteiger partial charge in [0.2, 0.25) is 0 Å². The van der Waals surface area contributed by atoms with E-state index in [-0.39, 0.29) is 0 Å². The summed E-state index contributed by atoms with van der Waals surface area (Å²) in [6.45, 7) is 3.74. The van der Waals surface area contributed by atoms with Gasteiger partial charge in [-0.1, -0.05) is 6.07 Å². The van der Waals surface area contributed by atoms with Crippen LogP contribution in [0.5, 0.6) is 11.5 Å². The van der Waals surface area contributed by atoms with Crippen molar-refractivity contribution in [2.45, 2.75) is 31.2 Å². The third-order valence-corrected chi connectivity index (χ3v) is 4.56. The van der Waals surface area contributed by atoms with Gasteiger partial charge in [-0.05, 0) is 36.8 Å². The number of nitrogens with one attached hydrogen (secondary N) is 1. The minimum Gasteiger partial charge on any atom is -0.490 e. The topological polar surface area (TPSA) is 30.5 Å². The number of benzene rings is 1. The van der Waals surface area contributed by atoms with E-state index in [4.69, 9.17) is 9.47 Å². The maximum Gasteiger partial charge on any atom is 0.161 e. The molecule has 3 rings (SSSR count). The van der Waals surface area contributed by atoms with E-state index >= 15 is 0 Å². The Morgan fingerprint density at radius 3 is 2.89 bits per heavy atom. The van der Waals surface area contributed by atoms with Gasteiger partial charge < -0.3 is 9.47 Å². The Hall–Kier alpha value is -0.870. The van der Waals surface area contributed by atoms with Crippen LogP contribution < -0.4 is 14.8 Å². The van der Waals surface area contributed by atoms with Crippen LogP contribution >= 0.6 is 11.8 Å². The van der Waals surface area contributed by atoms with Crippen LogP contribution in [0.15, 0.2) is 18.2 Å². The number of hydrogen-bond acceptors (Lipinski definition) is 4. The summed E-state index contributed by atoms with van der Waals surface area (Å²) in [5.41, 5.74) is 1.29. The summed E-state index contributed by atoms with van der Waals surface area (Å²) in [4.78, 5) is 0. The van der Waals surface area contributed by atoms with Gasteiger partial charge in [-0.25, -0.2) is 0 Å². The fourth-order valence-electron chi connectivity index (χ4n) is 2.29. The normalized spacial score (nSPS) is 27.6. The van der Waals surface area contributed by atoms with E-state index in [1.54, 1.807) is 0 Å². The highest BCUT2D eigenvalue weighted by Crippen LogP contribution is 2.37. The van der Waals surface area contributed by atoms with Crippen molar-refractivity contribution in [1.29, 1.82) is 0 Å². The fraction of sp³-hybridized carbons (Fsp3) is 0.571. The van der Waals surface area contributed by atoms with Gasteiger partial charge >= 0.3 is 0 Å². The molecule has 3 nitrogen and oxygen atoms in total. The lowest BCUT2D eigenvalue weighted by atomic mass is 10.1. The molecule has 0 bridgehead atoms. The number of fused-ring (bicyclic) bond motifs is 1. The summed E-state index contributed by atoms with van der Waals surface area (Å²) in [5, 5.41) is 4.00. The van der Waals surface area contributed by atoms with E-state index in [0.717, 1.165) is 31.1 Å². The minimum absolute atomic E-state index is 0.380. The second kappa shape index (κ2) is 5.41. The van der Waals surface area contributed by atoms with Crippen LogP contribution in [0.25, 0.3) is 0 Å². The first-order valence-corrected chi connectivity index (χ1v) is 7.65. The summed E-state index contributed by atoms with van der Waals surface area (Å²) < 4.78 is 11.4. The summed E-state index contributed by atoms with van der Waals surface area (Å²) in [6.07, 6.45) is 2.20. The lowest BCUT2D eigenvalue weighted by Crippen LogP contribution is -2.33. The summed E-state index contributed by atoms with van der Waals surface area (Å²) in [5.74, 6) is 2.99. The van der Waals surface area contributed by atoms with Gasteiger partial charge in [-0.15, -0.1) is 11.8 Å². The van der Waals surface area contributed by atoms with Crippen molar-refractivity contribution < 1.29 is 9.47 Å². The molecule has 2 atom stereocenters. The third-order valence-electron chi connectivity index (χ3n) is 3.35.